The van der Waals surface area contributed by atoms with Gasteiger partial charge >= 0.3 is 0 Å². The summed E-state index contributed by atoms with van der Waals surface area (Å²) in [5, 5.41) is 2.48. The van der Waals surface area contributed by atoms with Crippen LogP contribution >= 0.6 is 23.2 Å². The van der Waals surface area contributed by atoms with Crippen molar-refractivity contribution in [3.8, 4) is 11.3 Å². The standard InChI is InChI=1S/C22H26Cl2N2/c1-2-3-6-15-8-11-21-18(13-15)17(7-4-5-12-25)22(26-21)16-9-10-19(23)20(24)14-16/h8-11,13-14,26H,2-7,12,25H2,1H3. The van der Waals surface area contributed by atoms with E-state index < -0.39 is 0 Å². The molecule has 0 radical (unpaired) electrons. The molecule has 4 heteroatoms. The van der Waals surface area contributed by atoms with Gasteiger partial charge in [-0.3, -0.25) is 0 Å². The van der Waals surface area contributed by atoms with E-state index in [9.17, 15) is 0 Å². The Morgan fingerprint density at radius 3 is 2.50 bits per heavy atom. The van der Waals surface area contributed by atoms with Crippen LogP contribution in [0.5, 0.6) is 0 Å². The first-order valence-corrected chi connectivity index (χ1v) is 10.2. The van der Waals surface area contributed by atoms with Crippen molar-refractivity contribution in [2.24, 2.45) is 5.73 Å². The van der Waals surface area contributed by atoms with Crippen molar-refractivity contribution in [2.45, 2.75) is 45.4 Å². The van der Waals surface area contributed by atoms with Crippen molar-refractivity contribution < 1.29 is 0 Å². The fourth-order valence-corrected chi connectivity index (χ4v) is 3.73. The van der Waals surface area contributed by atoms with Gasteiger partial charge in [0, 0.05) is 16.6 Å². The molecule has 2 aromatic carbocycles. The summed E-state index contributed by atoms with van der Waals surface area (Å²) in [5.74, 6) is 0. The minimum absolute atomic E-state index is 0.582. The van der Waals surface area contributed by atoms with E-state index in [4.69, 9.17) is 28.9 Å². The average Bonchev–Trinajstić information content (AvgIpc) is 3.00. The summed E-state index contributed by atoms with van der Waals surface area (Å²) in [6.07, 6.45) is 6.67. The summed E-state index contributed by atoms with van der Waals surface area (Å²) in [6.45, 7) is 2.96. The Morgan fingerprint density at radius 2 is 1.77 bits per heavy atom. The number of aromatic nitrogens is 1. The molecule has 0 atom stereocenters. The van der Waals surface area contributed by atoms with Crippen LogP contribution in [0.3, 0.4) is 0 Å². The van der Waals surface area contributed by atoms with Crippen LogP contribution in [0, 0.1) is 0 Å². The van der Waals surface area contributed by atoms with Crippen molar-refractivity contribution in [1.82, 2.24) is 4.98 Å². The summed E-state index contributed by atoms with van der Waals surface area (Å²) in [5.41, 5.74) is 11.9. The second kappa shape index (κ2) is 8.94. The highest BCUT2D eigenvalue weighted by atomic mass is 35.5. The highest BCUT2D eigenvalue weighted by Crippen LogP contribution is 2.35. The number of H-pyrrole nitrogens is 1. The van der Waals surface area contributed by atoms with E-state index in [1.54, 1.807) is 0 Å². The smallest absolute Gasteiger partial charge is 0.0599 e. The van der Waals surface area contributed by atoms with Crippen molar-refractivity contribution >= 4 is 34.1 Å². The van der Waals surface area contributed by atoms with Crippen LogP contribution in [0.2, 0.25) is 10.0 Å². The Balaban J connectivity index is 2.07. The summed E-state index contributed by atoms with van der Waals surface area (Å²) in [4.78, 5) is 3.60. The van der Waals surface area contributed by atoms with Crippen LogP contribution in [0.15, 0.2) is 36.4 Å². The number of nitrogens with one attached hydrogen (secondary N) is 1. The number of fused-ring (bicyclic) bond motifs is 1. The lowest BCUT2D eigenvalue weighted by atomic mass is 9.98. The third kappa shape index (κ3) is 4.25. The van der Waals surface area contributed by atoms with Gasteiger partial charge in [-0.25, -0.2) is 0 Å². The summed E-state index contributed by atoms with van der Waals surface area (Å²) in [7, 11) is 0. The Hall–Kier alpha value is -1.48. The van der Waals surface area contributed by atoms with Crippen LogP contribution < -0.4 is 5.73 Å². The number of hydrogen-bond donors (Lipinski definition) is 2. The van der Waals surface area contributed by atoms with Crippen LogP contribution in [0.25, 0.3) is 22.2 Å². The van der Waals surface area contributed by atoms with E-state index in [1.807, 2.05) is 18.2 Å². The Kier molecular flexibility index (Phi) is 6.63. The van der Waals surface area contributed by atoms with Gasteiger partial charge in [0.25, 0.3) is 0 Å². The van der Waals surface area contributed by atoms with Gasteiger partial charge in [-0.15, -0.1) is 0 Å². The topological polar surface area (TPSA) is 41.8 Å². The predicted molar refractivity (Wildman–Crippen MR) is 114 cm³/mol. The number of hydrogen-bond acceptors (Lipinski definition) is 1. The number of aromatic amines is 1. The molecule has 3 rings (SSSR count). The molecule has 1 aromatic heterocycles. The monoisotopic (exact) mass is 388 g/mol. The van der Waals surface area contributed by atoms with Crippen molar-refractivity contribution in [3.05, 3.63) is 57.6 Å². The molecule has 3 aromatic rings. The van der Waals surface area contributed by atoms with E-state index in [-0.39, 0.29) is 0 Å². The quantitative estimate of drug-likeness (QED) is 0.410. The number of unbranched alkanes of at least 4 members (excludes halogenated alkanes) is 2. The number of aryl methyl sites for hydroxylation is 2. The van der Waals surface area contributed by atoms with Gasteiger partial charge < -0.3 is 10.7 Å². The van der Waals surface area contributed by atoms with E-state index >= 15 is 0 Å². The number of halogens is 2. The van der Waals surface area contributed by atoms with Crippen molar-refractivity contribution in [1.29, 1.82) is 0 Å². The molecule has 3 N–H and O–H groups in total. The van der Waals surface area contributed by atoms with Gasteiger partial charge in [-0.2, -0.15) is 0 Å². The first-order valence-electron chi connectivity index (χ1n) is 9.43. The molecule has 0 amide bonds. The highest BCUT2D eigenvalue weighted by Gasteiger charge is 2.14. The average molecular weight is 389 g/mol. The molecule has 0 bridgehead atoms. The molecule has 1 heterocycles. The third-order valence-electron chi connectivity index (χ3n) is 4.88. The van der Waals surface area contributed by atoms with Gasteiger partial charge in [0.15, 0.2) is 0 Å². The SMILES string of the molecule is CCCCc1ccc2[nH]c(-c3ccc(Cl)c(Cl)c3)c(CCCCN)c2c1. The molecule has 0 unspecified atom stereocenters. The maximum absolute atomic E-state index is 6.26. The molecule has 0 fully saturated rings. The molecule has 0 aliphatic heterocycles. The maximum atomic E-state index is 6.26. The fourth-order valence-electron chi connectivity index (χ4n) is 3.44. The van der Waals surface area contributed by atoms with Gasteiger partial charge in [0.2, 0.25) is 0 Å². The molecule has 2 nitrogen and oxygen atoms in total. The Morgan fingerprint density at radius 1 is 0.923 bits per heavy atom. The second-order valence-corrected chi connectivity index (χ2v) is 7.65. The largest absolute Gasteiger partial charge is 0.354 e. The first-order chi connectivity index (χ1) is 12.6. The van der Waals surface area contributed by atoms with Crippen molar-refractivity contribution in [3.63, 3.8) is 0 Å². The van der Waals surface area contributed by atoms with E-state index in [0.717, 1.165) is 43.5 Å². The molecule has 0 saturated carbocycles. The summed E-state index contributed by atoms with van der Waals surface area (Å²) >= 11 is 12.4. The zero-order valence-electron chi connectivity index (χ0n) is 15.2. The predicted octanol–water partition coefficient (Wildman–Crippen LogP) is 6.77. The lowest BCUT2D eigenvalue weighted by Gasteiger charge is -2.07. The summed E-state index contributed by atoms with van der Waals surface area (Å²) < 4.78 is 0. The molecule has 0 saturated heterocycles. The van der Waals surface area contributed by atoms with Gasteiger partial charge in [-0.1, -0.05) is 48.7 Å². The second-order valence-electron chi connectivity index (χ2n) is 6.84. The molecule has 0 spiro atoms. The summed E-state index contributed by atoms with van der Waals surface area (Å²) in [6, 6.07) is 12.6. The van der Waals surface area contributed by atoms with E-state index in [1.165, 1.54) is 34.9 Å². The van der Waals surface area contributed by atoms with Gasteiger partial charge in [0.05, 0.1) is 10.0 Å². The fraction of sp³-hybridized carbons (Fsp3) is 0.364. The molecule has 0 aliphatic carbocycles. The van der Waals surface area contributed by atoms with Crippen LogP contribution in [-0.2, 0) is 12.8 Å². The minimum Gasteiger partial charge on any atom is -0.354 e. The molecule has 138 valence electrons. The normalized spacial score (nSPS) is 11.4. The zero-order valence-corrected chi connectivity index (χ0v) is 16.8. The number of benzene rings is 2. The van der Waals surface area contributed by atoms with Crippen LogP contribution in [0.1, 0.15) is 43.7 Å². The third-order valence-corrected chi connectivity index (χ3v) is 5.62. The van der Waals surface area contributed by atoms with Crippen LogP contribution in [-0.4, -0.2) is 11.5 Å². The van der Waals surface area contributed by atoms with Gasteiger partial charge in [-0.05, 0) is 79.6 Å². The lowest BCUT2D eigenvalue weighted by Crippen LogP contribution is -1.99. The maximum Gasteiger partial charge on any atom is 0.0599 e. The lowest BCUT2D eigenvalue weighted by molar-refractivity contribution is 0.748. The van der Waals surface area contributed by atoms with Crippen LogP contribution in [0.4, 0.5) is 0 Å². The molecular formula is C22H26Cl2N2. The van der Waals surface area contributed by atoms with E-state index in [2.05, 4.69) is 30.1 Å². The molecular weight excluding hydrogens is 363 g/mol. The zero-order chi connectivity index (χ0) is 18.5. The highest BCUT2D eigenvalue weighted by molar-refractivity contribution is 6.42. The van der Waals surface area contributed by atoms with E-state index in [0.29, 0.717) is 10.0 Å². The Labute approximate surface area is 165 Å². The molecule has 0 aliphatic rings. The van der Waals surface area contributed by atoms with Gasteiger partial charge in [0.1, 0.15) is 0 Å². The molecule has 26 heavy (non-hydrogen) atoms. The number of nitrogens with two attached hydrogens (primary N) is 1. The first kappa shape index (κ1) is 19.3. The minimum atomic E-state index is 0.582. The Bertz CT molecular complexity index is 883. The van der Waals surface area contributed by atoms with Crippen molar-refractivity contribution in [2.75, 3.05) is 6.54 Å². The number of rotatable bonds is 8.